The first kappa shape index (κ1) is 29.2. The van der Waals surface area contributed by atoms with Crippen LogP contribution in [0.2, 0.25) is 0 Å². The fourth-order valence-electron chi connectivity index (χ4n) is 4.55. The topological polar surface area (TPSA) is 132 Å². The van der Waals surface area contributed by atoms with Crippen molar-refractivity contribution in [3.05, 3.63) is 89.7 Å². The Morgan fingerprint density at radius 1 is 1.15 bits per heavy atom. The molecule has 214 valence electrons. The van der Waals surface area contributed by atoms with Crippen LogP contribution in [0.5, 0.6) is 0 Å². The van der Waals surface area contributed by atoms with Crippen molar-refractivity contribution in [2.75, 3.05) is 16.5 Å². The lowest BCUT2D eigenvalue weighted by Gasteiger charge is -2.23. The number of nitrogens with zero attached hydrogens (tertiary/aromatic N) is 3. The molecule has 2 atom stereocenters. The molecule has 3 amide bonds. The molecule has 41 heavy (non-hydrogen) atoms. The van der Waals surface area contributed by atoms with Crippen LogP contribution in [-0.4, -0.2) is 40.8 Å². The molecule has 3 N–H and O–H groups in total. The summed E-state index contributed by atoms with van der Waals surface area (Å²) in [6.07, 6.45) is -1.67. The molecule has 1 aliphatic heterocycles. The molecule has 1 aliphatic rings. The van der Waals surface area contributed by atoms with Crippen molar-refractivity contribution < 1.29 is 37.5 Å². The molecule has 0 bridgehead atoms. The SMILES string of the molecule is O=CN(NCc1ccccc1C(F)(F)F)c1cccc(N2CC(C(=O)NC(CC(=O)O)c3cccnc3)CC2=O)c1. The van der Waals surface area contributed by atoms with Crippen LogP contribution in [-0.2, 0) is 31.9 Å². The van der Waals surface area contributed by atoms with E-state index in [0.717, 1.165) is 11.1 Å². The Balaban J connectivity index is 1.45. The zero-order chi connectivity index (χ0) is 29.6. The van der Waals surface area contributed by atoms with E-state index in [4.69, 9.17) is 0 Å². The summed E-state index contributed by atoms with van der Waals surface area (Å²) < 4.78 is 40.0. The molecule has 0 spiro atoms. The van der Waals surface area contributed by atoms with Gasteiger partial charge in [-0.2, -0.15) is 13.2 Å². The van der Waals surface area contributed by atoms with E-state index in [1.54, 1.807) is 24.3 Å². The van der Waals surface area contributed by atoms with Crippen LogP contribution in [0.25, 0.3) is 0 Å². The average Bonchev–Trinajstić information content (AvgIpc) is 3.35. The summed E-state index contributed by atoms with van der Waals surface area (Å²) in [7, 11) is 0. The molecule has 13 heteroatoms. The first-order valence-electron chi connectivity index (χ1n) is 12.5. The molecule has 2 heterocycles. The summed E-state index contributed by atoms with van der Waals surface area (Å²) >= 11 is 0. The number of carboxylic acid groups (broad SMARTS) is 1. The van der Waals surface area contributed by atoms with Gasteiger partial charge in [0.2, 0.25) is 18.2 Å². The summed E-state index contributed by atoms with van der Waals surface area (Å²) in [6.45, 7) is -0.285. The van der Waals surface area contributed by atoms with Crippen LogP contribution in [0.15, 0.2) is 73.1 Å². The number of hydrogen-bond acceptors (Lipinski definition) is 6. The minimum atomic E-state index is -4.56. The summed E-state index contributed by atoms with van der Waals surface area (Å²) in [6, 6.07) is 13.6. The summed E-state index contributed by atoms with van der Waals surface area (Å²) in [5.41, 5.74) is 2.94. The zero-order valence-electron chi connectivity index (χ0n) is 21.5. The maximum atomic E-state index is 13.3. The van der Waals surface area contributed by atoms with E-state index in [2.05, 4.69) is 15.7 Å². The monoisotopic (exact) mass is 569 g/mol. The van der Waals surface area contributed by atoms with Gasteiger partial charge in [-0.1, -0.05) is 30.3 Å². The van der Waals surface area contributed by atoms with E-state index in [0.29, 0.717) is 17.7 Å². The maximum absolute atomic E-state index is 13.3. The van der Waals surface area contributed by atoms with Gasteiger partial charge in [-0.05, 0) is 41.5 Å². The minimum absolute atomic E-state index is 0.00836. The van der Waals surface area contributed by atoms with Crippen LogP contribution in [0, 0.1) is 5.92 Å². The van der Waals surface area contributed by atoms with E-state index in [-0.39, 0.29) is 43.1 Å². The van der Waals surface area contributed by atoms with Crippen LogP contribution in [0.1, 0.15) is 35.6 Å². The predicted molar refractivity (Wildman–Crippen MR) is 141 cm³/mol. The van der Waals surface area contributed by atoms with Crippen LogP contribution < -0.4 is 20.7 Å². The normalized spacial score (nSPS) is 15.8. The molecular formula is C28H26F3N5O5. The molecule has 10 nitrogen and oxygen atoms in total. The molecule has 1 fully saturated rings. The molecule has 2 aromatic carbocycles. The predicted octanol–water partition coefficient (Wildman–Crippen LogP) is 3.45. The highest BCUT2D eigenvalue weighted by atomic mass is 19.4. The lowest BCUT2D eigenvalue weighted by atomic mass is 10.0. The number of carbonyl (C=O) groups excluding carboxylic acids is 3. The van der Waals surface area contributed by atoms with Gasteiger partial charge in [0.1, 0.15) is 0 Å². The first-order chi connectivity index (χ1) is 19.6. The largest absolute Gasteiger partial charge is 0.481 e. The maximum Gasteiger partial charge on any atom is 0.416 e. The number of aliphatic carboxylic acids is 1. The highest BCUT2D eigenvalue weighted by molar-refractivity contribution is 6.01. The smallest absolute Gasteiger partial charge is 0.416 e. The van der Waals surface area contributed by atoms with Gasteiger partial charge < -0.3 is 15.3 Å². The molecular weight excluding hydrogens is 543 g/mol. The Kier molecular flexibility index (Phi) is 8.97. The molecule has 4 rings (SSSR count). The second-order valence-corrected chi connectivity index (χ2v) is 9.34. The van der Waals surface area contributed by atoms with Crippen molar-refractivity contribution in [3.63, 3.8) is 0 Å². The number of hydrazine groups is 1. The van der Waals surface area contributed by atoms with Crippen LogP contribution >= 0.6 is 0 Å². The second kappa shape index (κ2) is 12.6. The van der Waals surface area contributed by atoms with E-state index < -0.39 is 35.6 Å². The molecule has 3 aromatic rings. The first-order valence-corrected chi connectivity index (χ1v) is 12.5. The molecule has 0 saturated carbocycles. The highest BCUT2D eigenvalue weighted by Gasteiger charge is 2.36. The van der Waals surface area contributed by atoms with Gasteiger partial charge in [0, 0.05) is 37.6 Å². The van der Waals surface area contributed by atoms with Gasteiger partial charge >= 0.3 is 12.1 Å². The number of nitrogens with one attached hydrogen (secondary N) is 2. The molecule has 0 aliphatic carbocycles. The fraction of sp³-hybridized carbons (Fsp3) is 0.250. The van der Waals surface area contributed by atoms with E-state index >= 15 is 0 Å². The van der Waals surface area contributed by atoms with Crippen LogP contribution in [0.3, 0.4) is 0 Å². The molecule has 0 radical (unpaired) electrons. The Bertz CT molecular complexity index is 1420. The van der Waals surface area contributed by atoms with Crippen molar-refractivity contribution in [1.82, 2.24) is 15.7 Å². The highest BCUT2D eigenvalue weighted by Crippen LogP contribution is 2.32. The van der Waals surface area contributed by atoms with Gasteiger partial charge in [0.05, 0.1) is 29.6 Å². The number of benzene rings is 2. The number of amides is 3. The Hall–Kier alpha value is -4.78. The number of anilines is 2. The van der Waals surface area contributed by atoms with Crippen molar-refractivity contribution in [2.24, 2.45) is 5.92 Å². The van der Waals surface area contributed by atoms with Crippen molar-refractivity contribution >= 4 is 35.6 Å². The summed E-state index contributed by atoms with van der Waals surface area (Å²) in [5, 5.41) is 13.0. The molecule has 1 aromatic heterocycles. The number of halogens is 3. The van der Waals surface area contributed by atoms with Gasteiger partial charge in [0.25, 0.3) is 0 Å². The summed E-state index contributed by atoms with van der Waals surface area (Å²) in [5.74, 6) is -2.73. The number of rotatable bonds is 11. The number of aromatic nitrogens is 1. The fourth-order valence-corrected chi connectivity index (χ4v) is 4.55. The minimum Gasteiger partial charge on any atom is -0.481 e. The van der Waals surface area contributed by atoms with Crippen molar-refractivity contribution in [2.45, 2.75) is 31.6 Å². The van der Waals surface area contributed by atoms with Gasteiger partial charge in [-0.3, -0.25) is 24.2 Å². The van der Waals surface area contributed by atoms with E-state index in [1.165, 1.54) is 47.6 Å². The van der Waals surface area contributed by atoms with Crippen molar-refractivity contribution in [3.8, 4) is 0 Å². The second-order valence-electron chi connectivity index (χ2n) is 9.34. The van der Waals surface area contributed by atoms with E-state index in [9.17, 15) is 37.5 Å². The Labute approximate surface area is 232 Å². The molecule has 1 saturated heterocycles. The number of carboxylic acids is 1. The van der Waals surface area contributed by atoms with Crippen LogP contribution in [0.4, 0.5) is 24.5 Å². The molecule has 2 unspecified atom stereocenters. The quantitative estimate of drug-likeness (QED) is 0.238. The average molecular weight is 570 g/mol. The number of hydrogen-bond donors (Lipinski definition) is 3. The van der Waals surface area contributed by atoms with Gasteiger partial charge in [-0.25, -0.2) is 10.4 Å². The number of alkyl halides is 3. The van der Waals surface area contributed by atoms with Gasteiger partial charge in [-0.15, -0.1) is 0 Å². The van der Waals surface area contributed by atoms with E-state index in [1.807, 2.05) is 0 Å². The summed E-state index contributed by atoms with van der Waals surface area (Å²) in [4.78, 5) is 54.4. The van der Waals surface area contributed by atoms with Crippen molar-refractivity contribution in [1.29, 1.82) is 0 Å². The number of pyridine rings is 1. The third-order valence-corrected chi connectivity index (χ3v) is 6.57. The lowest BCUT2D eigenvalue weighted by molar-refractivity contribution is -0.139. The lowest BCUT2D eigenvalue weighted by Crippen LogP contribution is -2.37. The zero-order valence-corrected chi connectivity index (χ0v) is 21.5. The number of carbonyl (C=O) groups is 4. The third-order valence-electron chi connectivity index (χ3n) is 6.57. The van der Waals surface area contributed by atoms with Gasteiger partial charge in [0.15, 0.2) is 0 Å². The Morgan fingerprint density at radius 3 is 2.61 bits per heavy atom. The standard InChI is InChI=1S/C28H26F3N5O5/c29-28(30,31)23-9-2-1-5-18(23)15-33-36(17-37)22-8-3-7-21(12-22)35-16-20(11-25(35)38)27(41)34-24(13-26(39)40)19-6-4-10-32-14-19/h1-10,12,14,17,20,24,33H,11,13,15-16H2,(H,34,41)(H,39,40). The third kappa shape index (κ3) is 7.25. The Morgan fingerprint density at radius 2 is 1.93 bits per heavy atom.